The van der Waals surface area contributed by atoms with E-state index in [1.54, 1.807) is 13.8 Å². The van der Waals surface area contributed by atoms with Crippen LogP contribution in [0.25, 0.3) is 0 Å². The van der Waals surface area contributed by atoms with Gasteiger partial charge in [0.05, 0.1) is 6.54 Å². The van der Waals surface area contributed by atoms with E-state index < -0.39 is 46.3 Å². The van der Waals surface area contributed by atoms with Gasteiger partial charge >= 0.3 is 34.4 Å². The lowest BCUT2D eigenvalue weighted by atomic mass is 10.1. The molecule has 2 aliphatic rings. The molecule has 8 amide bonds. The fourth-order valence-corrected chi connectivity index (χ4v) is 3.18. The summed E-state index contributed by atoms with van der Waals surface area (Å²) in [6, 6.07) is -4.63. The van der Waals surface area contributed by atoms with Crippen LogP contribution in [0, 0.1) is 0 Å². The van der Waals surface area contributed by atoms with Gasteiger partial charge in [-0.1, -0.05) is 0 Å². The van der Waals surface area contributed by atoms with Crippen molar-refractivity contribution in [1.29, 1.82) is 0 Å². The standard InChI is InChI=1S/C12H18N6O8S/c1-6(2)16-3-4-17(12(16)24)9(20)14-27(25,26)15-10(21)18-5-7(8(18)19)13-11(22)23/h6-7,13H,3-5H2,1-2H3,(H,14,20)(H,15,21)(H,22,23)/t7-/m0/s1. The van der Waals surface area contributed by atoms with Crippen LogP contribution in [-0.4, -0.2) is 90.0 Å². The molecular formula is C12H18N6O8S. The minimum absolute atomic E-state index is 0.0283. The summed E-state index contributed by atoms with van der Waals surface area (Å²) in [6.45, 7) is 3.30. The Kier molecular flexibility index (Phi) is 5.43. The Labute approximate surface area is 153 Å². The summed E-state index contributed by atoms with van der Waals surface area (Å²) in [7, 11) is -4.71. The van der Waals surface area contributed by atoms with Crippen LogP contribution in [0.5, 0.6) is 0 Å². The van der Waals surface area contributed by atoms with E-state index in [0.717, 1.165) is 0 Å². The normalized spacial score (nSPS) is 19.8. The zero-order chi connectivity index (χ0) is 20.5. The molecule has 0 aromatic rings. The zero-order valence-corrected chi connectivity index (χ0v) is 15.1. The second-order valence-corrected chi connectivity index (χ2v) is 7.41. The van der Waals surface area contributed by atoms with Crippen LogP contribution in [0.2, 0.25) is 0 Å². The molecule has 0 aromatic carbocycles. The number of carbonyl (C=O) groups is 5. The fourth-order valence-electron chi connectivity index (χ4n) is 2.45. The van der Waals surface area contributed by atoms with Crippen molar-refractivity contribution in [2.24, 2.45) is 0 Å². The first-order valence-corrected chi connectivity index (χ1v) is 9.18. The Balaban J connectivity index is 1.91. The molecule has 0 radical (unpaired) electrons. The van der Waals surface area contributed by atoms with Gasteiger partial charge in [-0.3, -0.25) is 9.69 Å². The van der Waals surface area contributed by atoms with Gasteiger partial charge in [0.1, 0.15) is 6.04 Å². The predicted molar refractivity (Wildman–Crippen MR) is 86.6 cm³/mol. The Morgan fingerprint density at radius 1 is 1.07 bits per heavy atom. The molecule has 0 bridgehead atoms. The average Bonchev–Trinajstić information content (AvgIpc) is 2.91. The molecule has 0 spiro atoms. The van der Waals surface area contributed by atoms with Crippen molar-refractivity contribution >= 4 is 40.3 Å². The van der Waals surface area contributed by atoms with Gasteiger partial charge in [0, 0.05) is 19.1 Å². The van der Waals surface area contributed by atoms with Gasteiger partial charge in [-0.15, -0.1) is 0 Å². The number of nitrogens with one attached hydrogen (secondary N) is 3. The number of nitrogens with zero attached hydrogens (tertiary/aromatic N) is 3. The Bertz CT molecular complexity index is 796. The number of rotatable bonds is 4. The maximum Gasteiger partial charge on any atom is 0.405 e. The molecule has 2 rings (SSSR count). The van der Waals surface area contributed by atoms with E-state index in [1.807, 2.05) is 5.32 Å². The molecule has 0 saturated carbocycles. The molecule has 2 heterocycles. The highest BCUT2D eigenvalue weighted by atomic mass is 32.2. The molecular weight excluding hydrogens is 388 g/mol. The minimum Gasteiger partial charge on any atom is -0.465 e. The summed E-state index contributed by atoms with van der Waals surface area (Å²) in [5, 5.41) is 10.3. The third-order valence-corrected chi connectivity index (χ3v) is 4.71. The molecule has 4 N–H and O–H groups in total. The van der Waals surface area contributed by atoms with Crippen molar-refractivity contribution in [2.75, 3.05) is 19.6 Å². The Hall–Kier alpha value is -3.10. The number of carbonyl (C=O) groups excluding carboxylic acids is 4. The van der Waals surface area contributed by atoms with Crippen LogP contribution in [0.3, 0.4) is 0 Å². The molecule has 0 aromatic heterocycles. The molecule has 150 valence electrons. The number of imide groups is 2. The van der Waals surface area contributed by atoms with Crippen molar-refractivity contribution in [3.63, 3.8) is 0 Å². The smallest absolute Gasteiger partial charge is 0.405 e. The highest BCUT2D eigenvalue weighted by Crippen LogP contribution is 2.13. The summed E-state index contributed by atoms with van der Waals surface area (Å²) >= 11 is 0. The largest absolute Gasteiger partial charge is 0.465 e. The lowest BCUT2D eigenvalue weighted by molar-refractivity contribution is -0.138. The number of β-lactam (4-membered cyclic amide) rings is 1. The second-order valence-electron chi connectivity index (χ2n) is 5.99. The van der Waals surface area contributed by atoms with E-state index in [4.69, 9.17) is 5.11 Å². The summed E-state index contributed by atoms with van der Waals surface area (Å²) < 4.78 is 26.7. The molecule has 2 aliphatic heterocycles. The molecule has 0 aliphatic carbocycles. The van der Waals surface area contributed by atoms with Crippen LogP contribution in [0.1, 0.15) is 13.8 Å². The third kappa shape index (κ3) is 4.36. The molecule has 2 fully saturated rings. The summed E-state index contributed by atoms with van der Waals surface area (Å²) in [5.41, 5.74) is 0. The van der Waals surface area contributed by atoms with E-state index in [1.165, 1.54) is 14.3 Å². The van der Waals surface area contributed by atoms with Gasteiger partial charge < -0.3 is 15.3 Å². The molecule has 27 heavy (non-hydrogen) atoms. The van der Waals surface area contributed by atoms with E-state index in [0.29, 0.717) is 9.80 Å². The second kappa shape index (κ2) is 7.26. The van der Waals surface area contributed by atoms with Crippen LogP contribution in [-0.2, 0) is 15.0 Å². The Morgan fingerprint density at radius 3 is 2.07 bits per heavy atom. The number of carboxylic acid groups (broad SMARTS) is 1. The number of hydrogen-bond donors (Lipinski definition) is 4. The van der Waals surface area contributed by atoms with Gasteiger partial charge in [0.15, 0.2) is 0 Å². The summed E-state index contributed by atoms with van der Waals surface area (Å²) in [6.07, 6.45) is -1.47. The van der Waals surface area contributed by atoms with Crippen LogP contribution < -0.4 is 14.8 Å². The quantitative estimate of drug-likeness (QED) is 0.397. The van der Waals surface area contributed by atoms with E-state index in [2.05, 4.69) is 0 Å². The van der Waals surface area contributed by atoms with Crippen LogP contribution in [0.15, 0.2) is 0 Å². The lowest BCUT2D eigenvalue weighted by Crippen LogP contribution is -2.67. The first-order valence-electron chi connectivity index (χ1n) is 7.70. The van der Waals surface area contributed by atoms with Gasteiger partial charge in [-0.2, -0.15) is 8.42 Å². The van der Waals surface area contributed by atoms with Crippen molar-refractivity contribution < 1.29 is 37.5 Å². The molecule has 14 nitrogen and oxygen atoms in total. The van der Waals surface area contributed by atoms with Crippen LogP contribution >= 0.6 is 0 Å². The first kappa shape index (κ1) is 20.2. The fraction of sp³-hybridized carbons (Fsp3) is 0.583. The molecule has 2 saturated heterocycles. The topological polar surface area (TPSA) is 186 Å². The average molecular weight is 406 g/mol. The van der Waals surface area contributed by atoms with Crippen LogP contribution in [0.4, 0.5) is 19.2 Å². The van der Waals surface area contributed by atoms with Gasteiger partial charge in [-0.05, 0) is 13.8 Å². The van der Waals surface area contributed by atoms with Gasteiger partial charge in [0.25, 0.3) is 5.91 Å². The van der Waals surface area contributed by atoms with Crippen molar-refractivity contribution in [3.8, 4) is 0 Å². The van der Waals surface area contributed by atoms with E-state index in [9.17, 15) is 32.4 Å². The molecule has 1 atom stereocenters. The highest BCUT2D eigenvalue weighted by Gasteiger charge is 2.43. The first-order chi connectivity index (χ1) is 12.4. The number of likely N-dealkylation sites (tertiary alicyclic amines) is 1. The van der Waals surface area contributed by atoms with Crippen molar-refractivity contribution in [2.45, 2.75) is 25.9 Å². The zero-order valence-electron chi connectivity index (χ0n) is 14.3. The number of amides is 8. The maximum absolute atomic E-state index is 12.0. The number of urea groups is 3. The van der Waals surface area contributed by atoms with Gasteiger partial charge in [-0.25, -0.2) is 33.5 Å². The highest BCUT2D eigenvalue weighted by molar-refractivity contribution is 7.88. The summed E-state index contributed by atoms with van der Waals surface area (Å²) in [4.78, 5) is 60.3. The Morgan fingerprint density at radius 2 is 1.63 bits per heavy atom. The third-order valence-electron chi connectivity index (χ3n) is 3.83. The lowest BCUT2D eigenvalue weighted by Gasteiger charge is -2.35. The van der Waals surface area contributed by atoms with Crippen molar-refractivity contribution in [1.82, 2.24) is 29.5 Å². The maximum atomic E-state index is 12.0. The number of hydrogen-bond acceptors (Lipinski definition) is 7. The predicted octanol–water partition coefficient (Wildman–Crippen LogP) is -1.73. The molecule has 0 unspecified atom stereocenters. The van der Waals surface area contributed by atoms with E-state index in [-0.39, 0.29) is 25.7 Å². The summed E-state index contributed by atoms with van der Waals surface area (Å²) in [5.74, 6) is -0.946. The molecule has 15 heteroatoms. The SMILES string of the molecule is CC(C)N1CCN(C(=O)NS(=O)(=O)NC(=O)N2C[C@H](NC(=O)O)C2=O)C1=O. The van der Waals surface area contributed by atoms with Gasteiger partial charge in [0.2, 0.25) is 0 Å². The minimum atomic E-state index is -4.71. The monoisotopic (exact) mass is 406 g/mol. The van der Waals surface area contributed by atoms with E-state index >= 15 is 0 Å². The van der Waals surface area contributed by atoms with Crippen molar-refractivity contribution in [3.05, 3.63) is 0 Å².